The molecule has 0 fully saturated rings. The lowest BCUT2D eigenvalue weighted by atomic mass is 9.97. The lowest BCUT2D eigenvalue weighted by Crippen LogP contribution is -2.28. The SMILES string of the molecule is CCOC(=O)C(C)(Cl)c1ccc(-c2ccccc2S)cc1. The van der Waals surface area contributed by atoms with Crippen molar-refractivity contribution in [3.05, 3.63) is 54.1 Å². The van der Waals surface area contributed by atoms with Gasteiger partial charge in [-0.05, 0) is 36.6 Å². The summed E-state index contributed by atoms with van der Waals surface area (Å²) in [6.07, 6.45) is 0. The average molecular weight is 321 g/mol. The van der Waals surface area contributed by atoms with E-state index in [4.69, 9.17) is 16.3 Å². The minimum Gasteiger partial charge on any atom is -0.464 e. The zero-order chi connectivity index (χ0) is 15.5. The molecule has 0 radical (unpaired) electrons. The first-order chi connectivity index (χ1) is 9.96. The molecule has 0 spiro atoms. The van der Waals surface area contributed by atoms with Gasteiger partial charge in [0.05, 0.1) is 6.61 Å². The van der Waals surface area contributed by atoms with Gasteiger partial charge in [-0.25, -0.2) is 4.79 Å². The number of carbonyl (C=O) groups excluding carboxylic acids is 1. The summed E-state index contributed by atoms with van der Waals surface area (Å²) >= 11 is 10.8. The molecule has 2 rings (SSSR count). The molecule has 0 aliphatic carbocycles. The van der Waals surface area contributed by atoms with Crippen molar-refractivity contribution in [1.82, 2.24) is 0 Å². The number of benzene rings is 2. The van der Waals surface area contributed by atoms with Crippen LogP contribution in [0.2, 0.25) is 0 Å². The van der Waals surface area contributed by atoms with Crippen molar-refractivity contribution in [1.29, 1.82) is 0 Å². The number of alkyl halides is 1. The summed E-state index contributed by atoms with van der Waals surface area (Å²) in [5.41, 5.74) is 2.78. The Kier molecular flexibility index (Phi) is 4.96. The van der Waals surface area contributed by atoms with E-state index in [2.05, 4.69) is 12.6 Å². The van der Waals surface area contributed by atoms with E-state index < -0.39 is 10.8 Å². The lowest BCUT2D eigenvalue weighted by molar-refractivity contribution is -0.146. The molecule has 2 nitrogen and oxygen atoms in total. The first kappa shape index (κ1) is 15.9. The van der Waals surface area contributed by atoms with Crippen LogP contribution in [0.4, 0.5) is 0 Å². The van der Waals surface area contributed by atoms with E-state index in [1.807, 2.05) is 48.5 Å². The van der Waals surface area contributed by atoms with Crippen LogP contribution in [-0.4, -0.2) is 12.6 Å². The Morgan fingerprint density at radius 2 is 1.81 bits per heavy atom. The van der Waals surface area contributed by atoms with Crippen LogP contribution in [0, 0.1) is 0 Å². The normalized spacial score (nSPS) is 13.5. The fraction of sp³-hybridized carbons (Fsp3) is 0.235. The Hall–Kier alpha value is -1.45. The van der Waals surface area contributed by atoms with E-state index >= 15 is 0 Å². The molecule has 2 aromatic rings. The molecule has 0 aromatic heterocycles. The summed E-state index contributed by atoms with van der Waals surface area (Å²) in [4.78, 5) is 11.6. The van der Waals surface area contributed by atoms with Crippen LogP contribution in [0.5, 0.6) is 0 Å². The summed E-state index contributed by atoms with van der Waals surface area (Å²) in [6, 6.07) is 15.4. The summed E-state index contributed by atoms with van der Waals surface area (Å²) in [5.74, 6) is -0.436. The zero-order valence-corrected chi connectivity index (χ0v) is 13.6. The summed E-state index contributed by atoms with van der Waals surface area (Å²) in [5, 5.41) is 0. The van der Waals surface area contributed by atoms with Crippen molar-refractivity contribution in [2.75, 3.05) is 6.61 Å². The first-order valence-electron chi connectivity index (χ1n) is 6.72. The van der Waals surface area contributed by atoms with Crippen molar-refractivity contribution in [2.45, 2.75) is 23.6 Å². The highest BCUT2D eigenvalue weighted by molar-refractivity contribution is 7.80. The maximum Gasteiger partial charge on any atom is 0.331 e. The third-order valence-electron chi connectivity index (χ3n) is 3.30. The number of esters is 1. The number of ether oxygens (including phenoxy) is 1. The van der Waals surface area contributed by atoms with Gasteiger partial charge in [0.2, 0.25) is 0 Å². The average Bonchev–Trinajstić information content (AvgIpc) is 2.48. The molecule has 21 heavy (non-hydrogen) atoms. The Morgan fingerprint density at radius 3 is 2.38 bits per heavy atom. The van der Waals surface area contributed by atoms with Crippen molar-refractivity contribution in [2.24, 2.45) is 0 Å². The summed E-state index contributed by atoms with van der Waals surface area (Å²) in [7, 11) is 0. The van der Waals surface area contributed by atoms with Crippen LogP contribution in [0.15, 0.2) is 53.4 Å². The van der Waals surface area contributed by atoms with Gasteiger partial charge >= 0.3 is 5.97 Å². The third kappa shape index (κ3) is 3.42. The molecule has 4 heteroatoms. The minimum absolute atomic E-state index is 0.312. The van der Waals surface area contributed by atoms with Gasteiger partial charge < -0.3 is 4.74 Å². The van der Waals surface area contributed by atoms with Crippen LogP contribution < -0.4 is 0 Å². The third-order valence-corrected chi connectivity index (χ3v) is 4.06. The van der Waals surface area contributed by atoms with E-state index in [0.29, 0.717) is 12.2 Å². The molecule has 110 valence electrons. The number of rotatable bonds is 4. The molecule has 0 heterocycles. The zero-order valence-electron chi connectivity index (χ0n) is 12.0. The molecule has 0 aliphatic heterocycles. The van der Waals surface area contributed by atoms with Gasteiger partial charge in [-0.2, -0.15) is 0 Å². The van der Waals surface area contributed by atoms with E-state index in [1.165, 1.54) is 0 Å². The molecule has 0 bridgehead atoms. The molecule has 0 amide bonds. The fourth-order valence-electron chi connectivity index (χ4n) is 2.07. The first-order valence-corrected chi connectivity index (χ1v) is 7.54. The van der Waals surface area contributed by atoms with Crippen molar-refractivity contribution >= 4 is 30.2 Å². The van der Waals surface area contributed by atoms with Crippen LogP contribution in [0.3, 0.4) is 0 Å². The van der Waals surface area contributed by atoms with Crippen LogP contribution in [0.1, 0.15) is 19.4 Å². The topological polar surface area (TPSA) is 26.3 Å². The monoisotopic (exact) mass is 320 g/mol. The van der Waals surface area contributed by atoms with Gasteiger partial charge in [-0.1, -0.05) is 42.5 Å². The molecule has 0 N–H and O–H groups in total. The van der Waals surface area contributed by atoms with E-state index in [-0.39, 0.29) is 0 Å². The molecule has 0 aliphatic rings. The fourth-order valence-corrected chi connectivity index (χ4v) is 2.54. The van der Waals surface area contributed by atoms with Gasteiger partial charge in [0.15, 0.2) is 4.87 Å². The standard InChI is InChI=1S/C17H17ClO2S/c1-3-20-16(19)17(2,18)13-10-8-12(9-11-13)14-6-4-5-7-15(14)21/h4-11,21H,3H2,1-2H3. The van der Waals surface area contributed by atoms with Gasteiger partial charge in [-0.3, -0.25) is 0 Å². The van der Waals surface area contributed by atoms with E-state index in [0.717, 1.165) is 16.0 Å². The Bertz CT molecular complexity index is 635. The van der Waals surface area contributed by atoms with Gasteiger partial charge in [0, 0.05) is 4.90 Å². The second-order valence-electron chi connectivity index (χ2n) is 4.82. The van der Waals surface area contributed by atoms with Crippen LogP contribution in [0.25, 0.3) is 11.1 Å². The summed E-state index contributed by atoms with van der Waals surface area (Å²) in [6.45, 7) is 3.72. The second-order valence-corrected chi connectivity index (χ2v) is 6.06. The molecule has 1 atom stereocenters. The van der Waals surface area contributed by atoms with Crippen LogP contribution >= 0.6 is 24.2 Å². The number of carbonyl (C=O) groups is 1. The molecular weight excluding hydrogens is 304 g/mol. The minimum atomic E-state index is -1.17. The Balaban J connectivity index is 2.31. The highest BCUT2D eigenvalue weighted by Gasteiger charge is 2.34. The summed E-state index contributed by atoms with van der Waals surface area (Å²) < 4.78 is 5.01. The Morgan fingerprint density at radius 1 is 1.19 bits per heavy atom. The predicted octanol–water partition coefficient (Wildman–Crippen LogP) is 4.66. The Labute approximate surface area is 135 Å². The largest absolute Gasteiger partial charge is 0.464 e. The molecule has 2 aromatic carbocycles. The highest BCUT2D eigenvalue weighted by Crippen LogP contribution is 2.33. The van der Waals surface area contributed by atoms with Crippen LogP contribution in [-0.2, 0) is 14.4 Å². The molecule has 1 unspecified atom stereocenters. The van der Waals surface area contributed by atoms with Crippen molar-refractivity contribution in [3.8, 4) is 11.1 Å². The number of halogens is 1. The number of hydrogen-bond donors (Lipinski definition) is 1. The van der Waals surface area contributed by atoms with E-state index in [1.54, 1.807) is 13.8 Å². The maximum absolute atomic E-state index is 11.9. The van der Waals surface area contributed by atoms with E-state index in [9.17, 15) is 4.79 Å². The van der Waals surface area contributed by atoms with Gasteiger partial charge in [0.25, 0.3) is 0 Å². The lowest BCUT2D eigenvalue weighted by Gasteiger charge is -2.20. The number of thiol groups is 1. The van der Waals surface area contributed by atoms with Gasteiger partial charge in [0.1, 0.15) is 0 Å². The number of hydrogen-bond acceptors (Lipinski definition) is 3. The van der Waals surface area contributed by atoms with Crippen molar-refractivity contribution < 1.29 is 9.53 Å². The molecule has 0 saturated heterocycles. The molecular formula is C17H17ClO2S. The van der Waals surface area contributed by atoms with Gasteiger partial charge in [-0.15, -0.1) is 24.2 Å². The molecule has 0 saturated carbocycles. The highest BCUT2D eigenvalue weighted by atomic mass is 35.5. The second kappa shape index (κ2) is 6.54. The predicted molar refractivity (Wildman–Crippen MR) is 89.0 cm³/mol. The smallest absolute Gasteiger partial charge is 0.331 e. The maximum atomic E-state index is 11.9. The quantitative estimate of drug-likeness (QED) is 0.504. The van der Waals surface area contributed by atoms with Crippen molar-refractivity contribution in [3.63, 3.8) is 0 Å².